The molecule has 0 aromatic heterocycles. The first kappa shape index (κ1) is 17.1. The summed E-state index contributed by atoms with van der Waals surface area (Å²) in [7, 11) is 1.70. The third-order valence-corrected chi connectivity index (χ3v) is 7.68. The fraction of sp³-hybridized carbons (Fsp3) is 0.682. The van der Waals surface area contributed by atoms with Crippen LogP contribution in [0.25, 0.3) is 0 Å². The number of Topliss-reactive ketones (excluding diaryl/α,β-unsaturated/α-hetero) is 1. The Kier molecular flexibility index (Phi) is 4.18. The van der Waals surface area contributed by atoms with Crippen LogP contribution in [0.5, 0.6) is 5.75 Å². The van der Waals surface area contributed by atoms with Crippen molar-refractivity contribution in [3.8, 4) is 5.75 Å². The second kappa shape index (κ2) is 6.12. The number of carbonyl (C=O) groups excluding carboxylic acids is 1. The molecule has 1 aromatic carbocycles. The van der Waals surface area contributed by atoms with Gasteiger partial charge in [0, 0.05) is 24.4 Å². The van der Waals surface area contributed by atoms with Gasteiger partial charge in [-0.1, -0.05) is 19.9 Å². The van der Waals surface area contributed by atoms with Crippen LogP contribution < -0.4 is 4.74 Å². The standard InChI is InChI=1S/C22H30O3/c1-13-4-7-20(24)22(2)9-8-17-16-6-5-15(25-3)11-18(16)14(12-23)10-19(17)21(13)22/h5-6,11,13-14,17,19,21,23H,4,7-10,12H2,1-3H3/t13?,14-,17?,19?,21?,22+/m0/s1. The SMILES string of the molecule is COc1ccc2c(c1)[C@H](CO)CC1C2CC[C@]2(C)C(=O)CCC(C)C12. The van der Waals surface area contributed by atoms with E-state index in [2.05, 4.69) is 32.0 Å². The zero-order chi connectivity index (χ0) is 17.8. The quantitative estimate of drug-likeness (QED) is 0.872. The highest BCUT2D eigenvalue weighted by molar-refractivity contribution is 5.86. The maximum atomic E-state index is 12.8. The molecule has 4 unspecified atom stereocenters. The van der Waals surface area contributed by atoms with E-state index >= 15 is 0 Å². The number of hydrogen-bond donors (Lipinski definition) is 1. The molecule has 3 aliphatic rings. The van der Waals surface area contributed by atoms with Crippen LogP contribution in [0.2, 0.25) is 0 Å². The van der Waals surface area contributed by atoms with Crippen LogP contribution in [-0.4, -0.2) is 24.6 Å². The van der Waals surface area contributed by atoms with E-state index in [1.165, 1.54) is 11.1 Å². The number of aliphatic hydroxyl groups excluding tert-OH is 1. The lowest BCUT2D eigenvalue weighted by atomic mass is 9.47. The van der Waals surface area contributed by atoms with Crippen LogP contribution in [0, 0.1) is 23.2 Å². The number of rotatable bonds is 2. The summed E-state index contributed by atoms with van der Waals surface area (Å²) in [5.74, 6) is 3.60. The molecule has 0 bridgehead atoms. The average molecular weight is 342 g/mol. The van der Waals surface area contributed by atoms with Gasteiger partial charge in [0.1, 0.15) is 11.5 Å². The van der Waals surface area contributed by atoms with Crippen molar-refractivity contribution in [2.75, 3.05) is 13.7 Å². The molecule has 3 heteroatoms. The number of hydrogen-bond acceptors (Lipinski definition) is 3. The van der Waals surface area contributed by atoms with Gasteiger partial charge in [-0.05, 0) is 72.6 Å². The minimum atomic E-state index is -0.150. The number of benzene rings is 1. The number of aliphatic hydroxyl groups is 1. The Bertz CT molecular complexity index is 682. The Morgan fingerprint density at radius 2 is 2.08 bits per heavy atom. The molecule has 3 aliphatic carbocycles. The third kappa shape index (κ3) is 2.46. The predicted octanol–water partition coefficient (Wildman–Crippen LogP) is 4.29. The van der Waals surface area contributed by atoms with Gasteiger partial charge in [-0.25, -0.2) is 0 Å². The molecule has 0 spiro atoms. The monoisotopic (exact) mass is 342 g/mol. The second-order valence-electron chi connectivity index (χ2n) is 8.80. The Hall–Kier alpha value is -1.35. The molecule has 2 fully saturated rings. The van der Waals surface area contributed by atoms with Crippen molar-refractivity contribution in [1.29, 1.82) is 0 Å². The molecule has 0 radical (unpaired) electrons. The second-order valence-corrected chi connectivity index (χ2v) is 8.80. The predicted molar refractivity (Wildman–Crippen MR) is 97.9 cm³/mol. The molecular weight excluding hydrogens is 312 g/mol. The average Bonchev–Trinajstić information content (AvgIpc) is 2.63. The molecular formula is C22H30O3. The van der Waals surface area contributed by atoms with Crippen molar-refractivity contribution in [2.24, 2.45) is 23.2 Å². The Morgan fingerprint density at radius 1 is 1.28 bits per heavy atom. The molecule has 6 atom stereocenters. The molecule has 3 nitrogen and oxygen atoms in total. The summed E-state index contributed by atoms with van der Waals surface area (Å²) in [6.07, 6.45) is 4.88. The topological polar surface area (TPSA) is 46.5 Å². The van der Waals surface area contributed by atoms with E-state index in [1.807, 2.05) is 0 Å². The van der Waals surface area contributed by atoms with Crippen molar-refractivity contribution in [3.05, 3.63) is 29.3 Å². The Balaban J connectivity index is 1.77. The maximum absolute atomic E-state index is 12.8. The minimum Gasteiger partial charge on any atom is -0.497 e. The molecule has 0 heterocycles. The molecule has 25 heavy (non-hydrogen) atoms. The van der Waals surface area contributed by atoms with E-state index in [-0.39, 0.29) is 17.9 Å². The Labute approximate surface area is 150 Å². The highest BCUT2D eigenvalue weighted by atomic mass is 16.5. The minimum absolute atomic E-state index is 0.150. The summed E-state index contributed by atoms with van der Waals surface area (Å²) >= 11 is 0. The van der Waals surface area contributed by atoms with Crippen molar-refractivity contribution in [3.63, 3.8) is 0 Å². The summed E-state index contributed by atoms with van der Waals surface area (Å²) in [6.45, 7) is 4.74. The van der Waals surface area contributed by atoms with E-state index in [0.717, 1.165) is 37.9 Å². The van der Waals surface area contributed by atoms with Crippen molar-refractivity contribution in [2.45, 2.75) is 57.8 Å². The van der Waals surface area contributed by atoms with E-state index in [9.17, 15) is 9.90 Å². The lowest BCUT2D eigenvalue weighted by molar-refractivity contribution is -0.144. The van der Waals surface area contributed by atoms with Crippen LogP contribution >= 0.6 is 0 Å². The van der Waals surface area contributed by atoms with Crippen LogP contribution in [0.15, 0.2) is 18.2 Å². The molecule has 0 saturated heterocycles. The molecule has 0 amide bonds. The zero-order valence-electron chi connectivity index (χ0n) is 15.6. The van der Waals surface area contributed by atoms with Gasteiger partial charge < -0.3 is 9.84 Å². The van der Waals surface area contributed by atoms with E-state index in [0.29, 0.717) is 29.5 Å². The van der Waals surface area contributed by atoms with Crippen molar-refractivity contribution in [1.82, 2.24) is 0 Å². The van der Waals surface area contributed by atoms with Gasteiger partial charge >= 0.3 is 0 Å². The summed E-state index contributed by atoms with van der Waals surface area (Å²) < 4.78 is 5.42. The van der Waals surface area contributed by atoms with Crippen LogP contribution in [0.3, 0.4) is 0 Å². The molecule has 1 aromatic rings. The first-order chi connectivity index (χ1) is 12.0. The van der Waals surface area contributed by atoms with E-state index < -0.39 is 0 Å². The Morgan fingerprint density at radius 3 is 2.80 bits per heavy atom. The number of carbonyl (C=O) groups is 1. The third-order valence-electron chi connectivity index (χ3n) is 7.68. The summed E-state index contributed by atoms with van der Waals surface area (Å²) in [5, 5.41) is 10.1. The van der Waals surface area contributed by atoms with Gasteiger partial charge in [0.25, 0.3) is 0 Å². The summed E-state index contributed by atoms with van der Waals surface area (Å²) in [5.41, 5.74) is 2.51. The number of fused-ring (bicyclic) bond motifs is 5. The van der Waals surface area contributed by atoms with Crippen LogP contribution in [-0.2, 0) is 4.79 Å². The van der Waals surface area contributed by atoms with E-state index in [1.54, 1.807) is 7.11 Å². The summed E-state index contributed by atoms with van der Waals surface area (Å²) in [6, 6.07) is 6.39. The van der Waals surface area contributed by atoms with Gasteiger partial charge in [0.05, 0.1) is 7.11 Å². The zero-order valence-corrected chi connectivity index (χ0v) is 15.6. The molecule has 2 saturated carbocycles. The normalized spacial score (nSPS) is 40.0. The maximum Gasteiger partial charge on any atom is 0.139 e. The van der Waals surface area contributed by atoms with E-state index in [4.69, 9.17) is 4.74 Å². The smallest absolute Gasteiger partial charge is 0.139 e. The lowest BCUT2D eigenvalue weighted by Gasteiger charge is -2.56. The molecule has 1 N–H and O–H groups in total. The van der Waals surface area contributed by atoms with Gasteiger partial charge in [-0.2, -0.15) is 0 Å². The number of methoxy groups -OCH3 is 1. The first-order valence-corrected chi connectivity index (χ1v) is 9.81. The lowest BCUT2D eigenvalue weighted by Crippen LogP contribution is -2.52. The summed E-state index contributed by atoms with van der Waals surface area (Å²) in [4.78, 5) is 12.8. The fourth-order valence-electron chi connectivity index (χ4n) is 6.45. The van der Waals surface area contributed by atoms with Gasteiger partial charge in [-0.15, -0.1) is 0 Å². The van der Waals surface area contributed by atoms with Crippen LogP contribution in [0.1, 0.15) is 68.9 Å². The number of ether oxygens (including phenoxy) is 1. The highest BCUT2D eigenvalue weighted by Crippen LogP contribution is 2.61. The number of ketones is 1. The van der Waals surface area contributed by atoms with Crippen LogP contribution in [0.4, 0.5) is 0 Å². The van der Waals surface area contributed by atoms with Gasteiger partial charge in [0.15, 0.2) is 0 Å². The van der Waals surface area contributed by atoms with Gasteiger partial charge in [-0.3, -0.25) is 4.79 Å². The first-order valence-electron chi connectivity index (χ1n) is 9.81. The van der Waals surface area contributed by atoms with Gasteiger partial charge in [0.2, 0.25) is 0 Å². The molecule has 0 aliphatic heterocycles. The van der Waals surface area contributed by atoms with Crippen molar-refractivity contribution >= 4 is 5.78 Å². The molecule has 136 valence electrons. The molecule has 4 rings (SSSR count). The fourth-order valence-corrected chi connectivity index (χ4v) is 6.45. The van der Waals surface area contributed by atoms with Crippen molar-refractivity contribution < 1.29 is 14.6 Å². The largest absolute Gasteiger partial charge is 0.497 e. The highest BCUT2D eigenvalue weighted by Gasteiger charge is 2.55.